The molecule has 12 N–H and O–H groups in total. The third kappa shape index (κ3) is 31.0. The zero-order valence-corrected chi connectivity index (χ0v) is 51.6. The van der Waals surface area contributed by atoms with E-state index in [1.54, 1.807) is 0 Å². The Hall–Kier alpha value is -2.77. The summed E-state index contributed by atoms with van der Waals surface area (Å²) < 4.78 is 34.3. The van der Waals surface area contributed by atoms with Gasteiger partial charge in [0.2, 0.25) is 5.91 Å². The van der Waals surface area contributed by atoms with Crippen LogP contribution in [0.4, 0.5) is 0 Å². The topological polar surface area (TPSA) is 307 Å². The van der Waals surface area contributed by atoms with Gasteiger partial charge in [-0.15, -0.1) is 0 Å². The van der Waals surface area contributed by atoms with E-state index in [0.29, 0.717) is 12.8 Å². The number of hydrogen-bond donors (Lipinski definition) is 12. The van der Waals surface area contributed by atoms with Gasteiger partial charge in [-0.1, -0.05) is 209 Å². The van der Waals surface area contributed by atoms with E-state index in [9.17, 15) is 61.0 Å². The molecule has 19 heteroatoms. The molecule has 0 aromatic rings. The molecule has 17 atom stereocenters. The lowest BCUT2D eigenvalue weighted by Gasteiger charge is -2.48. The van der Waals surface area contributed by atoms with Crippen molar-refractivity contribution in [3.63, 3.8) is 0 Å². The molecule has 0 radical (unpaired) electrons. The molecule has 85 heavy (non-hydrogen) atoms. The summed E-state index contributed by atoms with van der Waals surface area (Å²) in [5.41, 5.74) is 0. The van der Waals surface area contributed by atoms with Gasteiger partial charge in [0.25, 0.3) is 0 Å². The average Bonchev–Trinajstić information content (AvgIpc) is 3.63. The number of rotatable bonds is 48. The lowest BCUT2D eigenvalue weighted by molar-refractivity contribution is -0.379. The number of allylic oxidation sites excluding steroid dienone is 12. The van der Waals surface area contributed by atoms with Crippen molar-refractivity contribution in [2.45, 2.75) is 311 Å². The van der Waals surface area contributed by atoms with E-state index in [0.717, 1.165) is 103 Å². The number of amides is 1. The predicted octanol–water partition coefficient (Wildman–Crippen LogP) is 7.38. The second-order valence-electron chi connectivity index (χ2n) is 23.2. The lowest BCUT2D eigenvalue weighted by atomic mass is 9.96. The summed E-state index contributed by atoms with van der Waals surface area (Å²) in [7, 11) is 0. The fourth-order valence-corrected chi connectivity index (χ4v) is 10.7. The number of carbonyl (C=O) groups excluding carboxylic acids is 1. The Labute approximate surface area is 508 Å². The van der Waals surface area contributed by atoms with Crippen LogP contribution in [-0.2, 0) is 33.2 Å². The molecule has 3 rings (SSSR count). The van der Waals surface area contributed by atoms with Crippen molar-refractivity contribution in [3.8, 4) is 0 Å². The number of hydrogen-bond acceptors (Lipinski definition) is 18. The highest BCUT2D eigenvalue weighted by molar-refractivity contribution is 5.76. The van der Waals surface area contributed by atoms with E-state index in [1.165, 1.54) is 70.6 Å². The number of unbranched alkanes of at least 4 members (excludes halogenated alkanes) is 20. The minimum absolute atomic E-state index is 0.245. The first-order valence-corrected chi connectivity index (χ1v) is 32.7. The van der Waals surface area contributed by atoms with Crippen LogP contribution in [0.25, 0.3) is 0 Å². The molecule has 0 aromatic carbocycles. The van der Waals surface area contributed by atoms with Gasteiger partial charge in [-0.3, -0.25) is 4.79 Å². The monoisotopic (exact) mass is 1210 g/mol. The molecule has 0 bridgehead atoms. The van der Waals surface area contributed by atoms with Crippen molar-refractivity contribution >= 4 is 5.91 Å². The smallest absolute Gasteiger partial charge is 0.220 e. The Morgan fingerprint density at radius 1 is 0.435 bits per heavy atom. The van der Waals surface area contributed by atoms with Crippen molar-refractivity contribution in [2.75, 3.05) is 26.4 Å². The van der Waals surface area contributed by atoms with E-state index in [-0.39, 0.29) is 18.9 Å². The number of carbonyl (C=O) groups is 1. The lowest BCUT2D eigenvalue weighted by Crippen LogP contribution is -2.66. The van der Waals surface area contributed by atoms with E-state index >= 15 is 0 Å². The summed E-state index contributed by atoms with van der Waals surface area (Å²) in [5.74, 6) is -0.260. The molecular weight excluding hydrogens is 1090 g/mol. The minimum Gasteiger partial charge on any atom is -0.394 e. The molecule has 0 spiro atoms. The summed E-state index contributed by atoms with van der Waals surface area (Å²) in [4.78, 5) is 13.4. The van der Waals surface area contributed by atoms with Crippen molar-refractivity contribution in [1.29, 1.82) is 0 Å². The van der Waals surface area contributed by atoms with Crippen LogP contribution in [0.3, 0.4) is 0 Å². The van der Waals surface area contributed by atoms with Crippen LogP contribution in [0.1, 0.15) is 206 Å². The SMILES string of the molecule is CC/C=C\C/C=C\C/C=C\C/C=C\C/C=C\C/C=C\CCCCCCCCC(=O)NC(COC1OC(CO)C(OC2OC(CO)C(OC3OC(CO)C(O)C(O)C3O)C(O)C2O)C(O)C1O)C(O)CCCCCCCCCCCCCCCCC. The highest BCUT2D eigenvalue weighted by Crippen LogP contribution is 2.33. The Balaban J connectivity index is 1.45. The standard InChI is InChI=1S/C66H115NO18/c1-3-5-7-9-11-13-15-17-19-20-21-22-23-24-25-26-27-28-30-32-34-36-38-40-42-44-54(72)67-49(50(71)43-41-39-37-35-33-31-29-18-16-14-12-10-8-6-4-2)48-80-64-60(78)57(75)62(52(46-69)82-64)85-66-61(79)58(76)63(53(47-70)83-66)84-65-59(77)56(74)55(73)51(45-68)81-65/h5,7,11,13,17,19,21-22,24-25,27-28,49-53,55-66,68-71,73-79H,3-4,6,8-10,12,14-16,18,20,23,26,29-48H2,1-2H3,(H,67,72)/b7-5-,13-11-,19-17-,22-21-,25-24-,28-27-. The maximum absolute atomic E-state index is 13.4. The predicted molar refractivity (Wildman–Crippen MR) is 328 cm³/mol. The van der Waals surface area contributed by atoms with Gasteiger partial charge in [0.05, 0.1) is 38.6 Å². The number of aliphatic hydroxyl groups excluding tert-OH is 11. The third-order valence-corrected chi connectivity index (χ3v) is 16.0. The first kappa shape index (κ1) is 76.5. The molecule has 492 valence electrons. The van der Waals surface area contributed by atoms with E-state index in [2.05, 4.69) is 92.1 Å². The van der Waals surface area contributed by atoms with Gasteiger partial charge in [-0.25, -0.2) is 0 Å². The van der Waals surface area contributed by atoms with Crippen molar-refractivity contribution in [2.24, 2.45) is 0 Å². The van der Waals surface area contributed by atoms with Crippen LogP contribution in [0.15, 0.2) is 72.9 Å². The Morgan fingerprint density at radius 2 is 0.812 bits per heavy atom. The minimum atomic E-state index is -1.98. The van der Waals surface area contributed by atoms with Gasteiger partial charge in [-0.2, -0.15) is 0 Å². The van der Waals surface area contributed by atoms with Crippen molar-refractivity contribution in [3.05, 3.63) is 72.9 Å². The normalized spacial score (nSPS) is 29.4. The van der Waals surface area contributed by atoms with Gasteiger partial charge < -0.3 is 89.9 Å². The third-order valence-electron chi connectivity index (χ3n) is 16.0. The molecule has 3 aliphatic rings. The highest BCUT2D eigenvalue weighted by Gasteiger charge is 2.53. The van der Waals surface area contributed by atoms with E-state index in [1.807, 2.05) is 0 Å². The van der Waals surface area contributed by atoms with Gasteiger partial charge in [0.15, 0.2) is 18.9 Å². The van der Waals surface area contributed by atoms with Crippen LogP contribution in [0.5, 0.6) is 0 Å². The zero-order chi connectivity index (χ0) is 61.9. The number of ether oxygens (including phenoxy) is 6. The maximum atomic E-state index is 13.4. The molecule has 3 fully saturated rings. The first-order valence-electron chi connectivity index (χ1n) is 32.7. The van der Waals surface area contributed by atoms with Gasteiger partial charge in [0.1, 0.15) is 73.2 Å². The summed E-state index contributed by atoms with van der Waals surface area (Å²) in [6, 6.07) is -0.900. The second-order valence-corrected chi connectivity index (χ2v) is 23.2. The van der Waals surface area contributed by atoms with Crippen molar-refractivity contribution < 1.29 is 89.4 Å². The van der Waals surface area contributed by atoms with E-state index < -0.39 is 124 Å². The van der Waals surface area contributed by atoms with Gasteiger partial charge in [-0.05, 0) is 64.2 Å². The summed E-state index contributed by atoms with van der Waals surface area (Å²) in [6.07, 6.45) is 31.1. The van der Waals surface area contributed by atoms with Crippen LogP contribution in [0.2, 0.25) is 0 Å². The molecule has 0 aromatic heterocycles. The molecule has 3 saturated heterocycles. The first-order chi connectivity index (χ1) is 41.3. The largest absolute Gasteiger partial charge is 0.394 e. The molecule has 0 aliphatic carbocycles. The molecule has 19 nitrogen and oxygen atoms in total. The molecule has 0 saturated carbocycles. The molecule has 3 aliphatic heterocycles. The fraction of sp³-hybridized carbons (Fsp3) is 0.803. The van der Waals surface area contributed by atoms with Crippen LogP contribution >= 0.6 is 0 Å². The van der Waals surface area contributed by atoms with Crippen LogP contribution < -0.4 is 5.32 Å². The number of aliphatic hydroxyl groups is 11. The molecule has 1 amide bonds. The van der Waals surface area contributed by atoms with Crippen LogP contribution in [-0.4, -0.2) is 193 Å². The number of nitrogens with one attached hydrogen (secondary N) is 1. The average molecular weight is 1210 g/mol. The Morgan fingerprint density at radius 3 is 1.27 bits per heavy atom. The summed E-state index contributed by atoms with van der Waals surface area (Å²) in [5, 5.41) is 120. The Bertz CT molecular complexity index is 1830. The molecule has 17 unspecified atom stereocenters. The zero-order valence-electron chi connectivity index (χ0n) is 51.6. The van der Waals surface area contributed by atoms with Gasteiger partial charge in [0, 0.05) is 6.42 Å². The summed E-state index contributed by atoms with van der Waals surface area (Å²) in [6.45, 7) is 1.66. The molecule has 3 heterocycles. The van der Waals surface area contributed by atoms with E-state index in [4.69, 9.17) is 28.4 Å². The Kier molecular flexibility index (Phi) is 43.3. The summed E-state index contributed by atoms with van der Waals surface area (Å²) >= 11 is 0. The van der Waals surface area contributed by atoms with Crippen molar-refractivity contribution in [1.82, 2.24) is 5.32 Å². The van der Waals surface area contributed by atoms with Gasteiger partial charge >= 0.3 is 0 Å². The quantitative estimate of drug-likeness (QED) is 0.0209. The molecular formula is C66H115NO18. The fourth-order valence-electron chi connectivity index (χ4n) is 10.7. The highest BCUT2D eigenvalue weighted by atomic mass is 16.8. The maximum Gasteiger partial charge on any atom is 0.220 e. The second kappa shape index (κ2) is 48.1. The van der Waals surface area contributed by atoms with Crippen LogP contribution in [0, 0.1) is 0 Å².